The molecule has 0 saturated carbocycles. The molecule has 0 aliphatic rings. The van der Waals surface area contributed by atoms with Gasteiger partial charge in [-0.1, -0.05) is 93.6 Å². The summed E-state index contributed by atoms with van der Waals surface area (Å²) in [6, 6.07) is 26.8. The van der Waals surface area contributed by atoms with Gasteiger partial charge in [0.15, 0.2) is 0 Å². The molecule has 0 aromatic heterocycles. The van der Waals surface area contributed by atoms with E-state index in [1.807, 2.05) is 36.4 Å². The fraction of sp³-hybridized carbons (Fsp3) is 0.387. The van der Waals surface area contributed by atoms with Gasteiger partial charge in [0.05, 0.1) is 25.7 Å². The van der Waals surface area contributed by atoms with Crippen LogP contribution in [0.15, 0.2) is 84.9 Å². The first-order chi connectivity index (χ1) is 18.2. The maximum atomic E-state index is 13.8. The van der Waals surface area contributed by atoms with E-state index in [-0.39, 0.29) is 43.3 Å². The SMILES string of the molecule is CCOC(=O)C[C@@H](c1ccc(F)cc1)[C@@H](CO[Si](c1ccccc1)(c1ccccc1)C(C)(C)C)OCOC. The van der Waals surface area contributed by atoms with Crippen LogP contribution in [0.2, 0.25) is 5.04 Å². The Labute approximate surface area is 227 Å². The normalized spacial score (nSPS) is 13.6. The number of hydrogen-bond acceptors (Lipinski definition) is 5. The zero-order chi connectivity index (χ0) is 27.6. The number of benzene rings is 3. The molecule has 0 amide bonds. The predicted octanol–water partition coefficient (Wildman–Crippen LogP) is 5.43. The molecule has 0 aliphatic heterocycles. The van der Waals surface area contributed by atoms with E-state index in [0.717, 1.165) is 15.9 Å². The Morgan fingerprint density at radius 3 is 1.92 bits per heavy atom. The maximum Gasteiger partial charge on any atom is 0.306 e. The summed E-state index contributed by atoms with van der Waals surface area (Å²) >= 11 is 0. The number of hydrogen-bond donors (Lipinski definition) is 0. The first kappa shape index (κ1) is 29.7. The molecule has 0 unspecified atom stereocenters. The lowest BCUT2D eigenvalue weighted by atomic mass is 9.90. The molecule has 0 radical (unpaired) electrons. The zero-order valence-electron chi connectivity index (χ0n) is 23.0. The zero-order valence-corrected chi connectivity index (χ0v) is 24.0. The Morgan fingerprint density at radius 1 is 0.895 bits per heavy atom. The Balaban J connectivity index is 2.07. The van der Waals surface area contributed by atoms with Crippen LogP contribution in [0.25, 0.3) is 0 Å². The van der Waals surface area contributed by atoms with E-state index >= 15 is 0 Å². The van der Waals surface area contributed by atoms with Gasteiger partial charge in [-0.25, -0.2) is 4.39 Å². The van der Waals surface area contributed by atoms with E-state index in [0.29, 0.717) is 0 Å². The standard InChI is InChI=1S/C31H39FO5Si/c1-6-35-30(33)21-28(24-17-19-25(32)20-18-24)29(36-23-34-5)22-37-38(31(2,3)4,26-13-9-7-10-14-26)27-15-11-8-12-16-27/h7-20,28-29H,6,21-23H2,1-5H3/t28-,29+/m0/s1. The number of rotatable bonds is 13. The second-order valence-corrected chi connectivity index (χ2v) is 14.6. The highest BCUT2D eigenvalue weighted by Crippen LogP contribution is 2.38. The van der Waals surface area contributed by atoms with Crippen molar-refractivity contribution in [2.75, 3.05) is 27.1 Å². The van der Waals surface area contributed by atoms with Gasteiger partial charge in [0.1, 0.15) is 12.6 Å². The molecule has 0 spiro atoms. The lowest BCUT2D eigenvalue weighted by Gasteiger charge is -2.44. The highest BCUT2D eigenvalue weighted by molar-refractivity contribution is 6.99. The van der Waals surface area contributed by atoms with Gasteiger partial charge in [-0.15, -0.1) is 0 Å². The van der Waals surface area contributed by atoms with Crippen LogP contribution in [-0.4, -0.2) is 47.5 Å². The number of ether oxygens (including phenoxy) is 3. The molecular weight excluding hydrogens is 499 g/mol. The highest BCUT2D eigenvalue weighted by atomic mass is 28.4. The lowest BCUT2D eigenvalue weighted by Crippen LogP contribution is -2.67. The number of methoxy groups -OCH3 is 1. The highest BCUT2D eigenvalue weighted by Gasteiger charge is 2.50. The van der Waals surface area contributed by atoms with Crippen molar-refractivity contribution in [3.8, 4) is 0 Å². The number of carbonyl (C=O) groups excluding carboxylic acids is 1. The fourth-order valence-corrected chi connectivity index (χ4v) is 9.55. The van der Waals surface area contributed by atoms with E-state index in [4.69, 9.17) is 18.6 Å². The molecule has 3 aromatic carbocycles. The van der Waals surface area contributed by atoms with E-state index in [1.54, 1.807) is 26.2 Å². The quantitative estimate of drug-likeness (QED) is 0.165. The van der Waals surface area contributed by atoms with Crippen LogP contribution in [-0.2, 0) is 23.4 Å². The molecular formula is C31H39FO5Si. The van der Waals surface area contributed by atoms with Crippen LogP contribution < -0.4 is 10.4 Å². The van der Waals surface area contributed by atoms with Crippen molar-refractivity contribution in [1.82, 2.24) is 0 Å². The van der Waals surface area contributed by atoms with Crippen molar-refractivity contribution in [3.63, 3.8) is 0 Å². The van der Waals surface area contributed by atoms with Crippen LogP contribution in [0.4, 0.5) is 4.39 Å². The molecule has 204 valence electrons. The molecule has 3 aromatic rings. The lowest BCUT2D eigenvalue weighted by molar-refractivity contribution is -0.146. The molecule has 0 saturated heterocycles. The molecule has 38 heavy (non-hydrogen) atoms. The smallest absolute Gasteiger partial charge is 0.306 e. The molecule has 0 bridgehead atoms. The van der Waals surface area contributed by atoms with E-state index in [9.17, 15) is 9.18 Å². The second-order valence-electron chi connectivity index (χ2n) is 10.3. The van der Waals surface area contributed by atoms with Gasteiger partial charge in [-0.05, 0) is 40.0 Å². The van der Waals surface area contributed by atoms with Crippen LogP contribution in [0.3, 0.4) is 0 Å². The van der Waals surface area contributed by atoms with Gasteiger partial charge in [-0.2, -0.15) is 0 Å². The minimum absolute atomic E-state index is 0.0231. The first-order valence-electron chi connectivity index (χ1n) is 13.0. The third-order valence-electron chi connectivity index (χ3n) is 6.72. The molecule has 0 heterocycles. The van der Waals surface area contributed by atoms with E-state index in [2.05, 4.69) is 45.0 Å². The Morgan fingerprint density at radius 2 is 1.45 bits per heavy atom. The molecule has 2 atom stereocenters. The predicted molar refractivity (Wildman–Crippen MR) is 151 cm³/mol. The summed E-state index contributed by atoms with van der Waals surface area (Å²) in [5, 5.41) is 2.06. The monoisotopic (exact) mass is 538 g/mol. The third kappa shape index (κ3) is 7.17. The Hall–Kier alpha value is -2.84. The van der Waals surface area contributed by atoms with E-state index in [1.165, 1.54) is 12.1 Å². The summed E-state index contributed by atoms with van der Waals surface area (Å²) in [7, 11) is -1.31. The average molecular weight is 539 g/mol. The molecule has 5 nitrogen and oxygen atoms in total. The largest absolute Gasteiger partial charge is 0.466 e. The maximum absolute atomic E-state index is 13.8. The summed E-state index contributed by atoms with van der Waals surface area (Å²) < 4.78 is 37.6. The van der Waals surface area contributed by atoms with Crippen LogP contribution >= 0.6 is 0 Å². The van der Waals surface area contributed by atoms with Crippen molar-refractivity contribution in [1.29, 1.82) is 0 Å². The van der Waals surface area contributed by atoms with Gasteiger partial charge in [-0.3, -0.25) is 4.79 Å². The summed E-state index contributed by atoms with van der Waals surface area (Å²) in [5.74, 6) is -1.12. The second kappa shape index (κ2) is 13.8. The van der Waals surface area contributed by atoms with Gasteiger partial charge < -0.3 is 18.6 Å². The minimum Gasteiger partial charge on any atom is -0.466 e. The van der Waals surface area contributed by atoms with Gasteiger partial charge >= 0.3 is 5.97 Å². The molecule has 3 rings (SSSR count). The molecule has 0 N–H and O–H groups in total. The van der Waals surface area contributed by atoms with Crippen molar-refractivity contribution < 1.29 is 27.8 Å². The number of esters is 1. The van der Waals surface area contributed by atoms with Crippen molar-refractivity contribution >= 4 is 24.7 Å². The van der Waals surface area contributed by atoms with Crippen LogP contribution in [0.1, 0.15) is 45.6 Å². The average Bonchev–Trinajstić information content (AvgIpc) is 2.91. The Bertz CT molecular complexity index is 1080. The van der Waals surface area contributed by atoms with Crippen LogP contribution in [0, 0.1) is 5.82 Å². The number of carbonyl (C=O) groups is 1. The summed E-state index contributed by atoms with van der Waals surface area (Å²) in [6.07, 6.45) is -0.482. The third-order valence-corrected chi connectivity index (χ3v) is 11.7. The van der Waals surface area contributed by atoms with E-state index < -0.39 is 20.3 Å². The molecule has 7 heteroatoms. The van der Waals surface area contributed by atoms with Crippen molar-refractivity contribution in [2.24, 2.45) is 0 Å². The summed E-state index contributed by atoms with van der Waals surface area (Å²) in [5.41, 5.74) is 0.770. The summed E-state index contributed by atoms with van der Waals surface area (Å²) in [6.45, 7) is 8.90. The van der Waals surface area contributed by atoms with Crippen LogP contribution in [0.5, 0.6) is 0 Å². The van der Waals surface area contributed by atoms with Gasteiger partial charge in [0, 0.05) is 13.0 Å². The summed E-state index contributed by atoms with van der Waals surface area (Å²) in [4.78, 5) is 12.7. The topological polar surface area (TPSA) is 54.0 Å². The van der Waals surface area contributed by atoms with Gasteiger partial charge in [0.2, 0.25) is 0 Å². The Kier molecular flexibility index (Phi) is 10.8. The first-order valence-corrected chi connectivity index (χ1v) is 14.9. The minimum atomic E-state index is -2.86. The number of halogens is 1. The van der Waals surface area contributed by atoms with Crippen molar-refractivity contribution in [2.45, 2.75) is 51.2 Å². The fourth-order valence-electron chi connectivity index (χ4n) is 4.98. The molecule has 0 aliphatic carbocycles. The molecule has 0 fully saturated rings. The van der Waals surface area contributed by atoms with Crippen molar-refractivity contribution in [3.05, 3.63) is 96.3 Å². The van der Waals surface area contributed by atoms with Gasteiger partial charge in [0.25, 0.3) is 8.32 Å².